The monoisotopic (exact) mass is 395 g/mol. The number of aromatic nitrogens is 1. The normalized spacial score (nSPS) is 16.8. The van der Waals surface area contributed by atoms with Gasteiger partial charge >= 0.3 is 0 Å². The number of hydrogen-bond donors (Lipinski definition) is 1. The van der Waals surface area contributed by atoms with Gasteiger partial charge in [-0.1, -0.05) is 23.2 Å². The maximum absolute atomic E-state index is 14.2. The Morgan fingerprint density at radius 1 is 1.38 bits per heavy atom. The summed E-state index contributed by atoms with van der Waals surface area (Å²) >= 11 is 12.1. The minimum atomic E-state index is -0.912. The standard InChI is InChI=1S/C18H16Cl2FN3O2/c1-9(17(22)25)24(18(26)12-4-5-23-8-14(12)20)16-3-2-11-13(16)6-10(19)7-15(11)21/h4-9,16H,2-3H2,1H3,(H2,22,25)/t9-,16-/m1/s1. The van der Waals surface area contributed by atoms with Crippen LogP contribution in [-0.4, -0.2) is 27.7 Å². The molecule has 0 saturated heterocycles. The Labute approximate surface area is 159 Å². The van der Waals surface area contributed by atoms with E-state index in [4.69, 9.17) is 28.9 Å². The highest BCUT2D eigenvalue weighted by molar-refractivity contribution is 6.33. The molecule has 0 radical (unpaired) electrons. The van der Waals surface area contributed by atoms with Gasteiger partial charge in [0.05, 0.1) is 16.6 Å². The lowest BCUT2D eigenvalue weighted by molar-refractivity contribution is -0.122. The van der Waals surface area contributed by atoms with Gasteiger partial charge < -0.3 is 10.6 Å². The minimum absolute atomic E-state index is 0.162. The summed E-state index contributed by atoms with van der Waals surface area (Å²) in [5.41, 5.74) is 6.74. The SMILES string of the molecule is C[C@H](C(N)=O)N(C(=O)c1ccncc1Cl)[C@@H]1CCc2c(F)cc(Cl)cc21. The maximum Gasteiger partial charge on any atom is 0.256 e. The number of carbonyl (C=O) groups excluding carboxylic acids is 2. The smallest absolute Gasteiger partial charge is 0.256 e. The van der Waals surface area contributed by atoms with Crippen molar-refractivity contribution in [1.29, 1.82) is 0 Å². The van der Waals surface area contributed by atoms with E-state index in [2.05, 4.69) is 4.98 Å². The second kappa shape index (κ2) is 7.21. The number of hydrogen-bond acceptors (Lipinski definition) is 3. The number of amides is 2. The molecule has 5 nitrogen and oxygen atoms in total. The molecule has 1 aromatic carbocycles. The molecule has 1 aliphatic carbocycles. The summed E-state index contributed by atoms with van der Waals surface area (Å²) < 4.78 is 14.2. The molecule has 2 aromatic rings. The molecule has 0 unspecified atom stereocenters. The highest BCUT2D eigenvalue weighted by Crippen LogP contribution is 2.40. The molecule has 0 aliphatic heterocycles. The van der Waals surface area contributed by atoms with Gasteiger partial charge in [0.1, 0.15) is 11.9 Å². The summed E-state index contributed by atoms with van der Waals surface area (Å²) in [5.74, 6) is -1.56. The van der Waals surface area contributed by atoms with Gasteiger partial charge in [-0.15, -0.1) is 0 Å². The topological polar surface area (TPSA) is 76.3 Å². The van der Waals surface area contributed by atoms with Crippen LogP contribution in [0, 0.1) is 5.82 Å². The van der Waals surface area contributed by atoms with Crippen LogP contribution < -0.4 is 5.73 Å². The summed E-state index contributed by atoms with van der Waals surface area (Å²) in [6.45, 7) is 1.54. The third-order valence-corrected chi connectivity index (χ3v) is 5.14. The second-order valence-corrected chi connectivity index (χ2v) is 7.00. The predicted molar refractivity (Wildman–Crippen MR) is 96.5 cm³/mol. The summed E-state index contributed by atoms with van der Waals surface area (Å²) in [7, 11) is 0. The molecule has 8 heteroatoms. The Morgan fingerprint density at radius 3 is 2.77 bits per heavy atom. The zero-order valence-corrected chi connectivity index (χ0v) is 15.4. The Morgan fingerprint density at radius 2 is 2.12 bits per heavy atom. The van der Waals surface area contributed by atoms with Crippen LogP contribution in [0.4, 0.5) is 4.39 Å². The van der Waals surface area contributed by atoms with Crippen LogP contribution in [0.15, 0.2) is 30.6 Å². The van der Waals surface area contributed by atoms with Gasteiger partial charge in [0.25, 0.3) is 5.91 Å². The van der Waals surface area contributed by atoms with Crippen molar-refractivity contribution in [3.63, 3.8) is 0 Å². The van der Waals surface area contributed by atoms with Crippen molar-refractivity contribution in [3.8, 4) is 0 Å². The highest BCUT2D eigenvalue weighted by atomic mass is 35.5. The predicted octanol–water partition coefficient (Wildman–Crippen LogP) is 3.53. The number of benzene rings is 1. The summed E-state index contributed by atoms with van der Waals surface area (Å²) in [6, 6.07) is 2.90. The van der Waals surface area contributed by atoms with E-state index in [9.17, 15) is 14.0 Å². The van der Waals surface area contributed by atoms with Crippen LogP contribution in [-0.2, 0) is 11.2 Å². The molecule has 2 atom stereocenters. The first-order valence-electron chi connectivity index (χ1n) is 8.00. The first kappa shape index (κ1) is 18.6. The molecular formula is C18H16Cl2FN3O2. The number of nitrogens with two attached hydrogens (primary N) is 1. The van der Waals surface area contributed by atoms with Gasteiger partial charge in [0.2, 0.25) is 5.91 Å². The number of rotatable bonds is 4. The number of fused-ring (bicyclic) bond motifs is 1. The number of pyridine rings is 1. The van der Waals surface area contributed by atoms with E-state index in [1.165, 1.54) is 36.4 Å². The van der Waals surface area contributed by atoms with Gasteiger partial charge in [-0.3, -0.25) is 14.6 Å². The maximum atomic E-state index is 14.2. The molecule has 1 aliphatic rings. The van der Waals surface area contributed by atoms with Crippen LogP contribution in [0.2, 0.25) is 10.0 Å². The highest BCUT2D eigenvalue weighted by Gasteiger charge is 2.38. The summed E-state index contributed by atoms with van der Waals surface area (Å²) in [6.07, 6.45) is 3.67. The molecule has 3 rings (SSSR count). The van der Waals surface area contributed by atoms with E-state index in [-0.39, 0.29) is 15.6 Å². The zero-order valence-electron chi connectivity index (χ0n) is 13.9. The largest absolute Gasteiger partial charge is 0.368 e. The molecule has 0 saturated carbocycles. The van der Waals surface area contributed by atoms with Crippen molar-refractivity contribution < 1.29 is 14.0 Å². The van der Waals surface area contributed by atoms with E-state index in [1.54, 1.807) is 6.07 Å². The number of primary amides is 1. The average Bonchev–Trinajstić information content (AvgIpc) is 2.99. The fraction of sp³-hybridized carbons (Fsp3) is 0.278. The molecule has 0 spiro atoms. The van der Waals surface area contributed by atoms with Crippen molar-refractivity contribution in [3.05, 3.63) is 63.1 Å². The zero-order chi connectivity index (χ0) is 19.0. The molecule has 1 aromatic heterocycles. The fourth-order valence-corrected chi connectivity index (χ4v) is 3.74. The van der Waals surface area contributed by atoms with Gasteiger partial charge in [0.15, 0.2) is 0 Å². The molecule has 2 amide bonds. The molecular weight excluding hydrogens is 380 g/mol. The minimum Gasteiger partial charge on any atom is -0.368 e. The van der Waals surface area contributed by atoms with Crippen LogP contribution in [0.1, 0.15) is 40.9 Å². The average molecular weight is 396 g/mol. The Balaban J connectivity index is 2.09. The van der Waals surface area contributed by atoms with E-state index < -0.39 is 29.7 Å². The van der Waals surface area contributed by atoms with Gasteiger partial charge in [-0.05, 0) is 49.1 Å². The molecule has 1 heterocycles. The number of halogens is 3. The third kappa shape index (κ3) is 3.27. The quantitative estimate of drug-likeness (QED) is 0.859. The van der Waals surface area contributed by atoms with Crippen molar-refractivity contribution in [2.75, 3.05) is 0 Å². The van der Waals surface area contributed by atoms with Crippen LogP contribution in [0.25, 0.3) is 0 Å². The van der Waals surface area contributed by atoms with Crippen molar-refractivity contribution in [1.82, 2.24) is 9.88 Å². The van der Waals surface area contributed by atoms with Crippen molar-refractivity contribution in [2.45, 2.75) is 31.8 Å². The molecule has 2 N–H and O–H groups in total. The first-order chi connectivity index (χ1) is 12.3. The number of carbonyl (C=O) groups is 2. The third-order valence-electron chi connectivity index (χ3n) is 4.62. The lowest BCUT2D eigenvalue weighted by atomic mass is 10.0. The van der Waals surface area contributed by atoms with Crippen LogP contribution in [0.5, 0.6) is 0 Å². The van der Waals surface area contributed by atoms with Gasteiger partial charge in [0, 0.05) is 17.4 Å². The Hall–Kier alpha value is -2.18. The van der Waals surface area contributed by atoms with E-state index >= 15 is 0 Å². The lowest BCUT2D eigenvalue weighted by Crippen LogP contribution is -2.47. The van der Waals surface area contributed by atoms with E-state index in [0.29, 0.717) is 24.0 Å². The fourth-order valence-electron chi connectivity index (χ4n) is 3.32. The molecule has 0 fully saturated rings. The first-order valence-corrected chi connectivity index (χ1v) is 8.76. The lowest BCUT2D eigenvalue weighted by Gasteiger charge is -2.34. The van der Waals surface area contributed by atoms with Crippen molar-refractivity contribution >= 4 is 35.0 Å². The molecule has 0 bridgehead atoms. The van der Waals surface area contributed by atoms with Crippen LogP contribution in [0.3, 0.4) is 0 Å². The molecule has 26 heavy (non-hydrogen) atoms. The second-order valence-electron chi connectivity index (χ2n) is 6.16. The van der Waals surface area contributed by atoms with E-state index in [1.807, 2.05) is 0 Å². The van der Waals surface area contributed by atoms with Crippen molar-refractivity contribution in [2.24, 2.45) is 5.73 Å². The summed E-state index contributed by atoms with van der Waals surface area (Å²) in [5, 5.41) is 0.392. The Kier molecular flexibility index (Phi) is 5.16. The Bertz CT molecular complexity index is 891. The molecule has 136 valence electrons. The van der Waals surface area contributed by atoms with Gasteiger partial charge in [-0.2, -0.15) is 0 Å². The number of nitrogens with zero attached hydrogens (tertiary/aromatic N) is 2. The van der Waals surface area contributed by atoms with Crippen LogP contribution >= 0.6 is 23.2 Å². The summed E-state index contributed by atoms with van der Waals surface area (Å²) in [4.78, 5) is 30.2. The van der Waals surface area contributed by atoms with E-state index in [0.717, 1.165) is 0 Å². The van der Waals surface area contributed by atoms with Gasteiger partial charge in [-0.25, -0.2) is 4.39 Å².